The van der Waals surface area contributed by atoms with E-state index in [1.165, 1.54) is 32.1 Å². The van der Waals surface area contributed by atoms with E-state index in [0.29, 0.717) is 12.7 Å². The fraction of sp³-hybridized carbons (Fsp3) is 1.00. The summed E-state index contributed by atoms with van der Waals surface area (Å²) in [4.78, 5) is 0. The Bertz CT molecular complexity index is 228. The topological polar surface area (TPSA) is 55.5 Å². The van der Waals surface area contributed by atoms with Crippen LogP contribution >= 0.6 is 0 Å². The zero-order valence-electron chi connectivity index (χ0n) is 9.85. The summed E-state index contributed by atoms with van der Waals surface area (Å²) >= 11 is 0. The zero-order chi connectivity index (χ0) is 11.1. The van der Waals surface area contributed by atoms with Gasteiger partial charge in [-0.05, 0) is 55.8 Å². The summed E-state index contributed by atoms with van der Waals surface area (Å²) in [7, 11) is 0. The van der Waals surface area contributed by atoms with Crippen molar-refractivity contribution in [1.29, 1.82) is 0 Å². The molecule has 0 saturated heterocycles. The maximum atomic E-state index is 8.91. The lowest BCUT2D eigenvalue weighted by Crippen LogP contribution is -2.50. The summed E-state index contributed by atoms with van der Waals surface area (Å²) in [5.41, 5.74) is 5.70. The highest BCUT2D eigenvalue weighted by atomic mass is 16.5. The van der Waals surface area contributed by atoms with Crippen LogP contribution in [0.15, 0.2) is 0 Å². The van der Waals surface area contributed by atoms with Gasteiger partial charge in [-0.1, -0.05) is 0 Å². The molecule has 4 bridgehead atoms. The van der Waals surface area contributed by atoms with Crippen LogP contribution in [0.25, 0.3) is 0 Å². The largest absolute Gasteiger partial charge is 0.395 e. The Morgan fingerprint density at radius 3 is 2.12 bits per heavy atom. The molecule has 0 aromatic carbocycles. The molecule has 4 fully saturated rings. The van der Waals surface area contributed by atoms with E-state index in [9.17, 15) is 0 Å². The predicted molar refractivity (Wildman–Crippen MR) is 61.8 cm³/mol. The van der Waals surface area contributed by atoms with E-state index < -0.39 is 0 Å². The third kappa shape index (κ3) is 1.89. The third-order valence-electron chi connectivity index (χ3n) is 4.88. The first-order valence-corrected chi connectivity index (χ1v) is 6.74. The van der Waals surface area contributed by atoms with Gasteiger partial charge in [0, 0.05) is 0 Å². The summed E-state index contributed by atoms with van der Waals surface area (Å²) in [6, 6.07) is -0.197. The van der Waals surface area contributed by atoms with E-state index in [4.69, 9.17) is 15.6 Å². The predicted octanol–water partition coefficient (Wildman–Crippen LogP) is 1.15. The Hall–Kier alpha value is -0.120. The average molecular weight is 225 g/mol. The quantitative estimate of drug-likeness (QED) is 0.754. The summed E-state index contributed by atoms with van der Waals surface area (Å²) in [5.74, 6) is 3.58. The minimum Gasteiger partial charge on any atom is -0.395 e. The average Bonchev–Trinajstić information content (AvgIpc) is 2.26. The van der Waals surface area contributed by atoms with Crippen LogP contribution in [0.4, 0.5) is 0 Å². The summed E-state index contributed by atoms with van der Waals surface area (Å²) in [5, 5.41) is 8.91. The fourth-order valence-corrected chi connectivity index (χ4v) is 4.43. The number of rotatable bonds is 4. The molecule has 16 heavy (non-hydrogen) atoms. The number of nitrogens with two attached hydrogens (primary N) is 1. The zero-order valence-corrected chi connectivity index (χ0v) is 9.85. The van der Waals surface area contributed by atoms with Crippen molar-refractivity contribution in [2.75, 3.05) is 13.2 Å². The molecular weight excluding hydrogens is 202 g/mol. The molecule has 0 radical (unpaired) electrons. The van der Waals surface area contributed by atoms with Crippen LogP contribution in [-0.4, -0.2) is 30.5 Å². The molecule has 3 nitrogen and oxygen atoms in total. The van der Waals surface area contributed by atoms with Crippen LogP contribution in [0.5, 0.6) is 0 Å². The first kappa shape index (κ1) is 11.0. The van der Waals surface area contributed by atoms with Gasteiger partial charge in [0.05, 0.1) is 25.4 Å². The molecule has 4 rings (SSSR count). The van der Waals surface area contributed by atoms with Crippen molar-refractivity contribution in [1.82, 2.24) is 0 Å². The maximum Gasteiger partial charge on any atom is 0.0644 e. The molecule has 92 valence electrons. The first-order chi connectivity index (χ1) is 7.76. The molecular formula is C13H23NO2. The van der Waals surface area contributed by atoms with Crippen LogP contribution in [-0.2, 0) is 4.74 Å². The van der Waals surface area contributed by atoms with Gasteiger partial charge in [0.15, 0.2) is 0 Å². The van der Waals surface area contributed by atoms with Crippen molar-refractivity contribution >= 4 is 0 Å². The molecule has 3 N–H and O–H groups in total. The van der Waals surface area contributed by atoms with Gasteiger partial charge < -0.3 is 15.6 Å². The molecule has 0 aromatic rings. The molecule has 4 aliphatic carbocycles. The van der Waals surface area contributed by atoms with Gasteiger partial charge in [0.25, 0.3) is 0 Å². The monoisotopic (exact) mass is 225 g/mol. The van der Waals surface area contributed by atoms with E-state index in [2.05, 4.69) is 0 Å². The molecule has 0 aromatic heterocycles. The second-order valence-electron chi connectivity index (χ2n) is 6.17. The standard InChI is InChI=1S/C13H23NO2/c14-12(6-15)7-16-13-10-2-8-1-9(4-10)5-11(13)3-8/h8-13,15H,1-7,14H2. The highest BCUT2D eigenvalue weighted by Gasteiger charge is 2.48. The lowest BCUT2D eigenvalue weighted by molar-refractivity contribution is -0.129. The van der Waals surface area contributed by atoms with Crippen molar-refractivity contribution in [3.05, 3.63) is 0 Å². The molecule has 0 aliphatic heterocycles. The fourth-order valence-electron chi connectivity index (χ4n) is 4.43. The van der Waals surface area contributed by atoms with Gasteiger partial charge in [-0.3, -0.25) is 0 Å². The van der Waals surface area contributed by atoms with Gasteiger partial charge >= 0.3 is 0 Å². The van der Waals surface area contributed by atoms with E-state index in [1.807, 2.05) is 0 Å². The van der Waals surface area contributed by atoms with Gasteiger partial charge in [-0.15, -0.1) is 0 Å². The van der Waals surface area contributed by atoms with Crippen LogP contribution in [0, 0.1) is 23.7 Å². The molecule has 0 heterocycles. The number of hydrogen-bond donors (Lipinski definition) is 2. The van der Waals surface area contributed by atoms with Gasteiger partial charge in [-0.25, -0.2) is 0 Å². The lowest BCUT2D eigenvalue weighted by Gasteiger charge is -2.54. The van der Waals surface area contributed by atoms with Crippen molar-refractivity contribution in [2.45, 2.75) is 44.2 Å². The summed E-state index contributed by atoms with van der Waals surface area (Å²) in [6.45, 7) is 0.566. The van der Waals surface area contributed by atoms with Crippen LogP contribution < -0.4 is 5.73 Å². The minimum atomic E-state index is -0.197. The third-order valence-corrected chi connectivity index (χ3v) is 4.88. The van der Waals surface area contributed by atoms with Gasteiger partial charge in [0.2, 0.25) is 0 Å². The molecule has 0 amide bonds. The second-order valence-corrected chi connectivity index (χ2v) is 6.17. The SMILES string of the molecule is NC(CO)COC1C2CC3CC(C2)CC1C3. The Morgan fingerprint density at radius 1 is 1.06 bits per heavy atom. The van der Waals surface area contributed by atoms with Crippen molar-refractivity contribution in [2.24, 2.45) is 29.4 Å². The minimum absolute atomic E-state index is 0.0350. The van der Waals surface area contributed by atoms with Crippen LogP contribution in [0.1, 0.15) is 32.1 Å². The number of hydrogen-bond acceptors (Lipinski definition) is 3. The van der Waals surface area contributed by atoms with E-state index in [-0.39, 0.29) is 12.6 Å². The number of ether oxygens (including phenoxy) is 1. The Morgan fingerprint density at radius 2 is 1.62 bits per heavy atom. The molecule has 0 spiro atoms. The number of aliphatic hydroxyl groups excluding tert-OH is 1. The molecule has 4 saturated carbocycles. The highest BCUT2D eigenvalue weighted by Crippen LogP contribution is 2.54. The lowest BCUT2D eigenvalue weighted by atomic mass is 9.55. The Labute approximate surface area is 97.3 Å². The van der Waals surface area contributed by atoms with Crippen molar-refractivity contribution in [3.63, 3.8) is 0 Å². The Balaban J connectivity index is 1.59. The highest BCUT2D eigenvalue weighted by molar-refractivity contribution is 4.99. The Kier molecular flexibility index (Phi) is 2.94. The smallest absolute Gasteiger partial charge is 0.0644 e. The molecule has 1 unspecified atom stereocenters. The van der Waals surface area contributed by atoms with Crippen molar-refractivity contribution in [3.8, 4) is 0 Å². The first-order valence-electron chi connectivity index (χ1n) is 6.74. The van der Waals surface area contributed by atoms with Crippen LogP contribution in [0.2, 0.25) is 0 Å². The normalized spacial score (nSPS) is 47.2. The van der Waals surface area contributed by atoms with Crippen molar-refractivity contribution < 1.29 is 9.84 Å². The van der Waals surface area contributed by atoms with E-state index in [0.717, 1.165) is 23.7 Å². The van der Waals surface area contributed by atoms with Gasteiger partial charge in [0.1, 0.15) is 0 Å². The number of aliphatic hydroxyl groups is 1. The summed E-state index contributed by atoms with van der Waals surface area (Å²) < 4.78 is 5.99. The van der Waals surface area contributed by atoms with Gasteiger partial charge in [-0.2, -0.15) is 0 Å². The maximum absolute atomic E-state index is 8.91. The molecule has 4 aliphatic rings. The summed E-state index contributed by atoms with van der Waals surface area (Å²) in [6.07, 6.45) is 7.46. The molecule has 3 heteroatoms. The van der Waals surface area contributed by atoms with E-state index >= 15 is 0 Å². The van der Waals surface area contributed by atoms with Crippen LogP contribution in [0.3, 0.4) is 0 Å². The van der Waals surface area contributed by atoms with E-state index in [1.54, 1.807) is 0 Å². The second kappa shape index (κ2) is 4.28. The molecule has 1 atom stereocenters.